The number of methoxy groups -OCH3 is 1. The lowest BCUT2D eigenvalue weighted by Crippen LogP contribution is -2.54. The summed E-state index contributed by atoms with van der Waals surface area (Å²) in [6.45, 7) is 3.69. The lowest BCUT2D eigenvalue weighted by atomic mass is 10.0. The zero-order valence-corrected chi connectivity index (χ0v) is 17.5. The number of carbonyl (C=O) groups is 3. The van der Waals surface area contributed by atoms with Gasteiger partial charge in [0.2, 0.25) is 5.91 Å². The van der Waals surface area contributed by atoms with Crippen LogP contribution in [0.2, 0.25) is 0 Å². The number of nitrogens with one attached hydrogen (secondary N) is 2. The molecule has 30 heavy (non-hydrogen) atoms. The van der Waals surface area contributed by atoms with Crippen LogP contribution in [0, 0.1) is 5.92 Å². The zero-order valence-electron chi connectivity index (χ0n) is 17.5. The van der Waals surface area contributed by atoms with Crippen LogP contribution in [-0.2, 0) is 32.1 Å². The van der Waals surface area contributed by atoms with Crippen molar-refractivity contribution < 1.29 is 23.9 Å². The molecule has 0 aliphatic carbocycles. The van der Waals surface area contributed by atoms with Gasteiger partial charge in [0, 0.05) is 6.42 Å². The van der Waals surface area contributed by atoms with Crippen LogP contribution in [0.25, 0.3) is 0 Å². The Bertz CT molecular complexity index is 824. The van der Waals surface area contributed by atoms with Crippen LogP contribution >= 0.6 is 0 Å². The first-order chi connectivity index (χ1) is 14.4. The van der Waals surface area contributed by atoms with E-state index in [0.717, 1.165) is 11.1 Å². The van der Waals surface area contributed by atoms with Gasteiger partial charge < -0.3 is 20.1 Å². The molecule has 0 saturated heterocycles. The maximum atomic E-state index is 12.9. The minimum atomic E-state index is -0.915. The van der Waals surface area contributed by atoms with Crippen molar-refractivity contribution in [3.8, 4) is 0 Å². The van der Waals surface area contributed by atoms with Gasteiger partial charge in [-0.1, -0.05) is 74.5 Å². The molecule has 0 spiro atoms. The van der Waals surface area contributed by atoms with Gasteiger partial charge in [-0.15, -0.1) is 0 Å². The Labute approximate surface area is 176 Å². The van der Waals surface area contributed by atoms with Crippen molar-refractivity contribution in [1.82, 2.24) is 10.6 Å². The van der Waals surface area contributed by atoms with Crippen LogP contribution in [0.4, 0.5) is 4.79 Å². The number of esters is 1. The summed E-state index contributed by atoms with van der Waals surface area (Å²) in [4.78, 5) is 37.2. The Morgan fingerprint density at radius 1 is 0.867 bits per heavy atom. The molecule has 2 unspecified atom stereocenters. The molecular formula is C23H28N2O5. The highest BCUT2D eigenvalue weighted by molar-refractivity contribution is 5.90. The largest absolute Gasteiger partial charge is 0.467 e. The molecular weight excluding hydrogens is 384 g/mol. The minimum Gasteiger partial charge on any atom is -0.467 e. The fourth-order valence-electron chi connectivity index (χ4n) is 2.84. The lowest BCUT2D eigenvalue weighted by molar-refractivity contribution is -0.146. The molecule has 0 aliphatic rings. The van der Waals surface area contributed by atoms with Crippen LogP contribution in [0.3, 0.4) is 0 Å². The second kappa shape index (κ2) is 11.6. The maximum Gasteiger partial charge on any atom is 0.408 e. The van der Waals surface area contributed by atoms with Gasteiger partial charge in [-0.05, 0) is 17.0 Å². The average Bonchev–Trinajstić information content (AvgIpc) is 2.76. The van der Waals surface area contributed by atoms with E-state index >= 15 is 0 Å². The predicted octanol–water partition coefficient (Wildman–Crippen LogP) is 2.84. The van der Waals surface area contributed by atoms with Crippen LogP contribution in [-0.4, -0.2) is 37.2 Å². The molecule has 2 N–H and O–H groups in total. The number of carbonyl (C=O) groups excluding carboxylic acids is 3. The molecule has 2 atom stereocenters. The third kappa shape index (κ3) is 7.24. The zero-order chi connectivity index (χ0) is 21.9. The standard InChI is InChI=1S/C23H28N2O5/c1-16(2)20(22(27)29-3)25-21(26)19(14-17-10-6-4-7-11-17)24-23(28)30-15-18-12-8-5-9-13-18/h4-13,16,19-20H,14-15H2,1-3H3,(H,24,28)(H,25,26). The second-order valence-electron chi connectivity index (χ2n) is 7.20. The van der Waals surface area contributed by atoms with Crippen LogP contribution in [0.1, 0.15) is 25.0 Å². The summed E-state index contributed by atoms with van der Waals surface area (Å²) in [6.07, 6.45) is -0.465. The van der Waals surface area contributed by atoms with Crippen LogP contribution < -0.4 is 10.6 Å². The Morgan fingerprint density at radius 3 is 1.97 bits per heavy atom. The Balaban J connectivity index is 2.08. The Hall–Kier alpha value is -3.35. The monoisotopic (exact) mass is 412 g/mol. The molecule has 0 saturated carbocycles. The van der Waals surface area contributed by atoms with Gasteiger partial charge in [-0.2, -0.15) is 0 Å². The van der Waals surface area contributed by atoms with Gasteiger partial charge in [0.1, 0.15) is 18.7 Å². The summed E-state index contributed by atoms with van der Waals surface area (Å²) in [5.41, 5.74) is 1.70. The first kappa shape index (κ1) is 22.9. The van der Waals surface area contributed by atoms with Gasteiger partial charge >= 0.3 is 12.1 Å². The highest BCUT2D eigenvalue weighted by Gasteiger charge is 2.29. The van der Waals surface area contributed by atoms with E-state index in [1.165, 1.54) is 7.11 Å². The van der Waals surface area contributed by atoms with Crippen molar-refractivity contribution in [2.45, 2.75) is 39.0 Å². The molecule has 0 fully saturated rings. The summed E-state index contributed by atoms with van der Waals surface area (Å²) in [5, 5.41) is 5.29. The first-order valence-corrected chi connectivity index (χ1v) is 9.80. The SMILES string of the molecule is COC(=O)C(NC(=O)C(Cc1ccccc1)NC(=O)OCc1ccccc1)C(C)C. The van der Waals surface area contributed by atoms with Gasteiger partial charge in [0.25, 0.3) is 0 Å². The fraction of sp³-hybridized carbons (Fsp3) is 0.348. The third-order valence-electron chi connectivity index (χ3n) is 4.52. The van der Waals surface area contributed by atoms with E-state index in [-0.39, 0.29) is 18.9 Å². The number of hydrogen-bond acceptors (Lipinski definition) is 5. The first-order valence-electron chi connectivity index (χ1n) is 9.80. The van der Waals surface area contributed by atoms with Crippen molar-refractivity contribution in [1.29, 1.82) is 0 Å². The lowest BCUT2D eigenvalue weighted by Gasteiger charge is -2.24. The van der Waals surface area contributed by atoms with Gasteiger partial charge in [-0.3, -0.25) is 4.79 Å². The summed E-state index contributed by atoms with van der Waals surface area (Å²) in [6, 6.07) is 16.8. The predicted molar refractivity (Wildman–Crippen MR) is 112 cm³/mol. The molecule has 0 aromatic heterocycles. The molecule has 2 amide bonds. The topological polar surface area (TPSA) is 93.7 Å². The van der Waals surface area contributed by atoms with Crippen molar-refractivity contribution >= 4 is 18.0 Å². The average molecular weight is 412 g/mol. The van der Waals surface area contributed by atoms with E-state index in [1.807, 2.05) is 60.7 Å². The van der Waals surface area contributed by atoms with E-state index in [9.17, 15) is 14.4 Å². The number of benzene rings is 2. The highest BCUT2D eigenvalue weighted by Crippen LogP contribution is 2.08. The smallest absolute Gasteiger partial charge is 0.408 e. The van der Waals surface area contributed by atoms with E-state index < -0.39 is 30.1 Å². The van der Waals surface area contributed by atoms with Gasteiger partial charge in [0.15, 0.2) is 0 Å². The number of amides is 2. The Kier molecular flexibility index (Phi) is 8.87. The van der Waals surface area contributed by atoms with E-state index in [4.69, 9.17) is 9.47 Å². The summed E-state index contributed by atoms with van der Waals surface area (Å²) >= 11 is 0. The van der Waals surface area contributed by atoms with Crippen LogP contribution in [0.15, 0.2) is 60.7 Å². The van der Waals surface area contributed by atoms with Gasteiger partial charge in [0.05, 0.1) is 7.11 Å². The fourth-order valence-corrected chi connectivity index (χ4v) is 2.84. The van der Waals surface area contributed by atoms with E-state index in [1.54, 1.807) is 13.8 Å². The summed E-state index contributed by atoms with van der Waals surface area (Å²) in [7, 11) is 1.27. The molecule has 0 aliphatic heterocycles. The number of alkyl carbamates (subject to hydrolysis) is 1. The summed E-state index contributed by atoms with van der Waals surface area (Å²) in [5.74, 6) is -1.20. The molecule has 160 valence electrons. The van der Waals surface area contributed by atoms with Crippen molar-refractivity contribution in [3.05, 3.63) is 71.8 Å². The number of rotatable bonds is 9. The quantitative estimate of drug-likeness (QED) is 0.618. The molecule has 2 aromatic rings. The number of ether oxygens (including phenoxy) is 2. The third-order valence-corrected chi connectivity index (χ3v) is 4.52. The van der Waals surface area contributed by atoms with Crippen molar-refractivity contribution in [3.63, 3.8) is 0 Å². The van der Waals surface area contributed by atoms with Crippen LogP contribution in [0.5, 0.6) is 0 Å². The molecule has 0 radical (unpaired) electrons. The molecule has 0 bridgehead atoms. The Morgan fingerprint density at radius 2 is 1.43 bits per heavy atom. The summed E-state index contributed by atoms with van der Waals surface area (Å²) < 4.78 is 10.0. The van der Waals surface area contributed by atoms with Crippen molar-refractivity contribution in [2.24, 2.45) is 5.92 Å². The van der Waals surface area contributed by atoms with Gasteiger partial charge in [-0.25, -0.2) is 9.59 Å². The molecule has 7 nitrogen and oxygen atoms in total. The number of hydrogen-bond donors (Lipinski definition) is 2. The maximum absolute atomic E-state index is 12.9. The minimum absolute atomic E-state index is 0.0864. The van der Waals surface area contributed by atoms with Crippen molar-refractivity contribution in [2.75, 3.05) is 7.11 Å². The second-order valence-corrected chi connectivity index (χ2v) is 7.20. The molecule has 0 heterocycles. The van der Waals surface area contributed by atoms with E-state index in [2.05, 4.69) is 10.6 Å². The molecule has 7 heteroatoms. The molecule has 2 rings (SSSR count). The highest BCUT2D eigenvalue weighted by atomic mass is 16.5. The van der Waals surface area contributed by atoms with E-state index in [0.29, 0.717) is 0 Å². The molecule has 2 aromatic carbocycles. The normalized spacial score (nSPS) is 12.5.